The van der Waals surface area contributed by atoms with E-state index in [0.717, 1.165) is 24.6 Å². The summed E-state index contributed by atoms with van der Waals surface area (Å²) in [4.78, 5) is 2.34. The van der Waals surface area contributed by atoms with Crippen molar-refractivity contribution in [1.82, 2.24) is 4.90 Å². The number of halogens is 2. The van der Waals surface area contributed by atoms with Crippen LogP contribution in [0.4, 0.5) is 8.78 Å². The van der Waals surface area contributed by atoms with Crippen LogP contribution in [0.5, 0.6) is 0 Å². The SMILES string of the molecule is NC(CN1CC2CCC1C2)c1cc(F)ccc1F. The zero-order valence-corrected chi connectivity index (χ0v) is 10.3. The summed E-state index contributed by atoms with van der Waals surface area (Å²) in [6, 6.07) is 3.66. The van der Waals surface area contributed by atoms with E-state index in [-0.39, 0.29) is 5.56 Å². The van der Waals surface area contributed by atoms with Crippen molar-refractivity contribution in [2.45, 2.75) is 31.3 Å². The van der Waals surface area contributed by atoms with Crippen LogP contribution in [0.25, 0.3) is 0 Å². The predicted octanol–water partition coefficient (Wildman–Crippen LogP) is 2.45. The van der Waals surface area contributed by atoms with Crippen LogP contribution in [0, 0.1) is 17.6 Å². The molecule has 4 heteroatoms. The van der Waals surface area contributed by atoms with Crippen LogP contribution < -0.4 is 5.73 Å². The van der Waals surface area contributed by atoms with E-state index >= 15 is 0 Å². The van der Waals surface area contributed by atoms with Gasteiger partial charge >= 0.3 is 0 Å². The van der Waals surface area contributed by atoms with Gasteiger partial charge in [0, 0.05) is 30.7 Å². The van der Waals surface area contributed by atoms with Crippen LogP contribution >= 0.6 is 0 Å². The second-order valence-corrected chi connectivity index (χ2v) is 5.56. The first-order valence-electron chi connectivity index (χ1n) is 6.58. The summed E-state index contributed by atoms with van der Waals surface area (Å²) in [5.41, 5.74) is 6.32. The highest BCUT2D eigenvalue weighted by Gasteiger charge is 2.38. The number of nitrogens with two attached hydrogens (primary N) is 1. The number of likely N-dealkylation sites (tertiary alicyclic amines) is 1. The zero-order valence-electron chi connectivity index (χ0n) is 10.3. The molecule has 1 aromatic carbocycles. The number of hydrogen-bond donors (Lipinski definition) is 1. The number of piperidine rings is 1. The third kappa shape index (κ3) is 2.15. The fourth-order valence-corrected chi connectivity index (χ4v) is 3.40. The molecule has 3 rings (SSSR count). The van der Waals surface area contributed by atoms with Crippen molar-refractivity contribution in [3.63, 3.8) is 0 Å². The highest BCUT2D eigenvalue weighted by molar-refractivity contribution is 5.22. The molecule has 1 aliphatic carbocycles. The molecule has 1 aromatic rings. The fraction of sp³-hybridized carbons (Fsp3) is 0.571. The maximum atomic E-state index is 13.6. The minimum Gasteiger partial charge on any atom is -0.323 e. The van der Waals surface area contributed by atoms with Gasteiger partial charge in [-0.3, -0.25) is 4.90 Å². The average Bonchev–Trinajstić information content (AvgIpc) is 2.94. The minimum absolute atomic E-state index is 0.290. The minimum atomic E-state index is -0.444. The standard InChI is InChI=1S/C14H18F2N2/c15-10-2-4-13(16)12(6-10)14(17)8-18-7-9-1-3-11(18)5-9/h2,4,6,9,11,14H,1,3,5,7-8,17H2. The van der Waals surface area contributed by atoms with Crippen LogP contribution in [-0.4, -0.2) is 24.0 Å². The Morgan fingerprint density at radius 3 is 2.83 bits per heavy atom. The number of benzene rings is 1. The second kappa shape index (κ2) is 4.59. The van der Waals surface area contributed by atoms with E-state index in [1.807, 2.05) is 0 Å². The molecule has 3 unspecified atom stereocenters. The fourth-order valence-electron chi connectivity index (χ4n) is 3.40. The summed E-state index contributed by atoms with van der Waals surface area (Å²) in [7, 11) is 0. The summed E-state index contributed by atoms with van der Waals surface area (Å²) in [6.07, 6.45) is 3.78. The molecule has 0 spiro atoms. The topological polar surface area (TPSA) is 29.3 Å². The summed E-state index contributed by atoms with van der Waals surface area (Å²) in [6.45, 7) is 1.69. The molecule has 1 saturated carbocycles. The van der Waals surface area contributed by atoms with Crippen molar-refractivity contribution in [1.29, 1.82) is 0 Å². The van der Waals surface area contributed by atoms with Gasteiger partial charge in [0.15, 0.2) is 0 Å². The molecule has 2 N–H and O–H groups in total. The van der Waals surface area contributed by atoms with E-state index in [9.17, 15) is 8.78 Å². The van der Waals surface area contributed by atoms with Crippen molar-refractivity contribution in [3.8, 4) is 0 Å². The Bertz CT molecular complexity index is 449. The van der Waals surface area contributed by atoms with E-state index in [1.165, 1.54) is 25.3 Å². The maximum absolute atomic E-state index is 13.6. The van der Waals surface area contributed by atoms with Gasteiger partial charge in [-0.15, -0.1) is 0 Å². The first-order valence-corrected chi connectivity index (χ1v) is 6.58. The molecule has 0 amide bonds. The molecule has 0 aromatic heterocycles. The summed E-state index contributed by atoms with van der Waals surface area (Å²) in [5.74, 6) is -0.0439. The normalized spacial score (nSPS) is 28.8. The molecule has 3 atom stereocenters. The lowest BCUT2D eigenvalue weighted by Gasteiger charge is -2.29. The van der Waals surface area contributed by atoms with Crippen molar-refractivity contribution >= 4 is 0 Å². The Labute approximate surface area is 106 Å². The van der Waals surface area contributed by atoms with Crippen LogP contribution in [0.15, 0.2) is 18.2 Å². The maximum Gasteiger partial charge on any atom is 0.128 e. The lowest BCUT2D eigenvalue weighted by atomic mass is 10.0. The molecule has 2 nitrogen and oxygen atoms in total. The van der Waals surface area contributed by atoms with Crippen LogP contribution in [0.2, 0.25) is 0 Å². The molecule has 0 radical (unpaired) electrons. The molecule has 98 valence electrons. The van der Waals surface area contributed by atoms with Gasteiger partial charge in [0.2, 0.25) is 0 Å². The van der Waals surface area contributed by atoms with Crippen molar-refractivity contribution < 1.29 is 8.78 Å². The van der Waals surface area contributed by atoms with Crippen molar-refractivity contribution in [3.05, 3.63) is 35.4 Å². The molecule has 1 heterocycles. The van der Waals surface area contributed by atoms with E-state index in [2.05, 4.69) is 4.90 Å². The van der Waals surface area contributed by atoms with E-state index in [0.29, 0.717) is 12.6 Å². The van der Waals surface area contributed by atoms with E-state index in [1.54, 1.807) is 0 Å². The summed E-state index contributed by atoms with van der Waals surface area (Å²) in [5, 5.41) is 0. The summed E-state index contributed by atoms with van der Waals surface area (Å²) >= 11 is 0. The number of hydrogen-bond acceptors (Lipinski definition) is 2. The highest BCUT2D eigenvalue weighted by Crippen LogP contribution is 2.38. The molecule has 2 bridgehead atoms. The van der Waals surface area contributed by atoms with Crippen LogP contribution in [0.1, 0.15) is 30.9 Å². The number of rotatable bonds is 3. The van der Waals surface area contributed by atoms with E-state index < -0.39 is 17.7 Å². The largest absolute Gasteiger partial charge is 0.323 e. The molecule has 2 aliphatic rings. The molecular formula is C14H18F2N2. The van der Waals surface area contributed by atoms with Gasteiger partial charge in [-0.25, -0.2) is 8.78 Å². The van der Waals surface area contributed by atoms with Crippen molar-refractivity contribution in [2.75, 3.05) is 13.1 Å². The molecular weight excluding hydrogens is 234 g/mol. The first-order chi connectivity index (χ1) is 8.63. The molecule has 18 heavy (non-hydrogen) atoms. The zero-order chi connectivity index (χ0) is 12.7. The third-order valence-corrected chi connectivity index (χ3v) is 4.31. The van der Waals surface area contributed by atoms with Gasteiger partial charge in [-0.1, -0.05) is 0 Å². The van der Waals surface area contributed by atoms with Crippen LogP contribution in [-0.2, 0) is 0 Å². The number of nitrogens with zero attached hydrogens (tertiary/aromatic N) is 1. The monoisotopic (exact) mass is 252 g/mol. The van der Waals surface area contributed by atoms with Gasteiger partial charge in [0.05, 0.1) is 0 Å². The smallest absolute Gasteiger partial charge is 0.128 e. The van der Waals surface area contributed by atoms with Gasteiger partial charge in [0.1, 0.15) is 11.6 Å². The first kappa shape index (κ1) is 12.1. The second-order valence-electron chi connectivity index (χ2n) is 5.56. The lowest BCUT2D eigenvalue weighted by molar-refractivity contribution is 0.200. The Morgan fingerprint density at radius 1 is 1.33 bits per heavy atom. The Balaban J connectivity index is 1.71. The van der Waals surface area contributed by atoms with Crippen LogP contribution in [0.3, 0.4) is 0 Å². The Kier molecular flexibility index (Phi) is 3.08. The van der Waals surface area contributed by atoms with Gasteiger partial charge in [-0.2, -0.15) is 0 Å². The third-order valence-electron chi connectivity index (χ3n) is 4.31. The van der Waals surface area contributed by atoms with Gasteiger partial charge < -0.3 is 5.73 Å². The Hall–Kier alpha value is -1.00. The van der Waals surface area contributed by atoms with Crippen molar-refractivity contribution in [2.24, 2.45) is 11.7 Å². The van der Waals surface area contributed by atoms with Gasteiger partial charge in [0.25, 0.3) is 0 Å². The average molecular weight is 252 g/mol. The van der Waals surface area contributed by atoms with Gasteiger partial charge in [-0.05, 0) is 43.4 Å². The Morgan fingerprint density at radius 2 is 2.17 bits per heavy atom. The van der Waals surface area contributed by atoms with E-state index in [4.69, 9.17) is 5.73 Å². The molecule has 2 fully saturated rings. The molecule has 1 aliphatic heterocycles. The summed E-state index contributed by atoms with van der Waals surface area (Å²) < 4.78 is 26.8. The highest BCUT2D eigenvalue weighted by atomic mass is 19.1. The number of fused-ring (bicyclic) bond motifs is 2. The quantitative estimate of drug-likeness (QED) is 0.895. The lowest BCUT2D eigenvalue weighted by Crippen LogP contribution is -2.38. The predicted molar refractivity (Wildman–Crippen MR) is 66.0 cm³/mol. The molecule has 1 saturated heterocycles.